The number of piperidine rings is 1. The minimum absolute atomic E-state index is 0.0530. The maximum Gasteiger partial charge on any atom is 0.223 e. The molecule has 10 nitrogen and oxygen atoms in total. The van der Waals surface area contributed by atoms with Crippen molar-refractivity contribution < 1.29 is 14.2 Å². The van der Waals surface area contributed by atoms with Gasteiger partial charge in [0, 0.05) is 36.7 Å². The van der Waals surface area contributed by atoms with Crippen molar-refractivity contribution in [3.8, 4) is 5.75 Å². The maximum absolute atomic E-state index is 14.4. The van der Waals surface area contributed by atoms with E-state index in [9.17, 15) is 9.50 Å². The first-order valence-electron chi connectivity index (χ1n) is 11.7. The van der Waals surface area contributed by atoms with Gasteiger partial charge in [-0.15, -0.1) is 5.10 Å². The highest BCUT2D eigenvalue weighted by Gasteiger charge is 2.30. The Kier molecular flexibility index (Phi) is 5.01. The SMILES string of the molecule is COc1cc2nc(N)n3nc([C@@H]4CCCN(c5cnn([C@@H]6CCC[C@@H]6O)c5)C4)nc3c2cc1F. The molecule has 0 spiro atoms. The molecule has 1 aliphatic carbocycles. The Hall–Kier alpha value is -3.47. The zero-order valence-electron chi connectivity index (χ0n) is 18.9. The summed E-state index contributed by atoms with van der Waals surface area (Å²) in [5.41, 5.74) is 8.19. The second-order valence-corrected chi connectivity index (χ2v) is 9.21. The van der Waals surface area contributed by atoms with Gasteiger partial charge in [0.05, 0.1) is 36.7 Å². The topological polar surface area (TPSA) is 120 Å². The van der Waals surface area contributed by atoms with Crippen molar-refractivity contribution in [2.75, 3.05) is 30.8 Å². The van der Waals surface area contributed by atoms with Gasteiger partial charge in [-0.3, -0.25) is 4.68 Å². The van der Waals surface area contributed by atoms with Crippen molar-refractivity contribution in [1.29, 1.82) is 0 Å². The predicted molar refractivity (Wildman–Crippen MR) is 125 cm³/mol. The Labute approximate surface area is 195 Å². The van der Waals surface area contributed by atoms with E-state index in [1.54, 1.807) is 0 Å². The number of aromatic nitrogens is 6. The van der Waals surface area contributed by atoms with Gasteiger partial charge in [0.2, 0.25) is 5.95 Å². The van der Waals surface area contributed by atoms with Crippen LogP contribution < -0.4 is 15.4 Å². The van der Waals surface area contributed by atoms with E-state index in [0.29, 0.717) is 22.4 Å². The molecule has 1 aliphatic heterocycles. The first kappa shape index (κ1) is 21.1. The number of aliphatic hydroxyl groups is 1. The fourth-order valence-corrected chi connectivity index (χ4v) is 5.30. The van der Waals surface area contributed by atoms with E-state index in [1.807, 2.05) is 17.1 Å². The number of halogens is 1. The molecule has 1 saturated heterocycles. The van der Waals surface area contributed by atoms with Gasteiger partial charge < -0.3 is 20.5 Å². The number of fused-ring (bicyclic) bond motifs is 3. The number of nitrogens with two attached hydrogens (primary N) is 1. The average molecular weight is 467 g/mol. The lowest BCUT2D eigenvalue weighted by atomic mass is 9.97. The van der Waals surface area contributed by atoms with E-state index in [2.05, 4.69) is 20.1 Å². The van der Waals surface area contributed by atoms with Crippen molar-refractivity contribution in [1.82, 2.24) is 29.4 Å². The summed E-state index contributed by atoms with van der Waals surface area (Å²) in [6.07, 6.45) is 8.30. The predicted octanol–water partition coefficient (Wildman–Crippen LogP) is 2.67. The molecule has 0 bridgehead atoms. The standard InChI is InChI=1S/C23H27FN8O2/c1-34-20-9-17-15(8-16(20)24)22-28-21(29-32(22)23(25)27-17)13-4-3-7-30(11-13)14-10-26-31(12-14)18-5-2-6-19(18)33/h8-10,12-13,18-19,33H,2-7,11H2,1H3,(H2,25,27)/t13-,18-,19+/m1/s1. The number of hydrogen-bond acceptors (Lipinski definition) is 8. The van der Waals surface area contributed by atoms with Crippen LogP contribution in [0.15, 0.2) is 24.5 Å². The van der Waals surface area contributed by atoms with Crippen LogP contribution in [0.3, 0.4) is 0 Å². The molecule has 3 atom stereocenters. The van der Waals surface area contributed by atoms with Gasteiger partial charge in [-0.2, -0.15) is 9.61 Å². The van der Waals surface area contributed by atoms with Gasteiger partial charge in [-0.25, -0.2) is 14.4 Å². The number of ether oxygens (including phenoxy) is 1. The van der Waals surface area contributed by atoms with Gasteiger partial charge in [-0.05, 0) is 38.2 Å². The number of nitrogens with zero attached hydrogens (tertiary/aromatic N) is 7. The third kappa shape index (κ3) is 3.42. The highest BCUT2D eigenvalue weighted by molar-refractivity contribution is 5.93. The molecule has 3 aromatic heterocycles. The normalized spacial score (nSPS) is 23.3. The summed E-state index contributed by atoms with van der Waals surface area (Å²) in [5, 5.41) is 19.9. The quantitative estimate of drug-likeness (QED) is 0.471. The summed E-state index contributed by atoms with van der Waals surface area (Å²) in [7, 11) is 1.41. The molecule has 4 aromatic rings. The molecule has 2 fully saturated rings. The molecule has 0 unspecified atom stereocenters. The van der Waals surface area contributed by atoms with E-state index in [0.717, 1.165) is 50.9 Å². The Morgan fingerprint density at radius 2 is 2.06 bits per heavy atom. The maximum atomic E-state index is 14.4. The summed E-state index contributed by atoms with van der Waals surface area (Å²) in [6, 6.07) is 2.95. The molecule has 178 valence electrons. The fourth-order valence-electron chi connectivity index (χ4n) is 5.30. The van der Waals surface area contributed by atoms with Crippen LogP contribution in [0, 0.1) is 5.82 Å². The number of nitrogen functional groups attached to an aromatic ring is 1. The fraction of sp³-hybridized carbons (Fsp3) is 0.478. The van der Waals surface area contributed by atoms with Crippen LogP contribution in [0.5, 0.6) is 5.75 Å². The van der Waals surface area contributed by atoms with E-state index in [4.69, 9.17) is 15.5 Å². The minimum atomic E-state index is -0.485. The van der Waals surface area contributed by atoms with Crippen LogP contribution in [0.1, 0.15) is 49.9 Å². The second-order valence-electron chi connectivity index (χ2n) is 9.21. The lowest BCUT2D eigenvalue weighted by molar-refractivity contribution is 0.130. The molecular weight excluding hydrogens is 439 g/mol. The zero-order chi connectivity index (χ0) is 23.4. The van der Waals surface area contributed by atoms with Gasteiger partial charge in [0.1, 0.15) is 0 Å². The Bertz CT molecular complexity index is 1370. The Morgan fingerprint density at radius 3 is 2.85 bits per heavy atom. The molecule has 34 heavy (non-hydrogen) atoms. The molecule has 11 heteroatoms. The lowest BCUT2D eigenvalue weighted by Gasteiger charge is -2.32. The van der Waals surface area contributed by atoms with Crippen molar-refractivity contribution >= 4 is 28.2 Å². The lowest BCUT2D eigenvalue weighted by Crippen LogP contribution is -2.34. The van der Waals surface area contributed by atoms with Crippen LogP contribution in [0.25, 0.3) is 16.6 Å². The molecule has 6 rings (SSSR count). The number of anilines is 2. The minimum Gasteiger partial charge on any atom is -0.494 e. The van der Waals surface area contributed by atoms with Crippen LogP contribution in [-0.2, 0) is 0 Å². The highest BCUT2D eigenvalue weighted by Crippen LogP contribution is 2.34. The van der Waals surface area contributed by atoms with E-state index >= 15 is 0 Å². The highest BCUT2D eigenvalue weighted by atomic mass is 19.1. The third-order valence-corrected chi connectivity index (χ3v) is 7.11. The summed E-state index contributed by atoms with van der Waals surface area (Å²) < 4.78 is 22.9. The molecule has 0 radical (unpaired) electrons. The molecule has 1 saturated carbocycles. The first-order valence-corrected chi connectivity index (χ1v) is 11.7. The summed E-state index contributed by atoms with van der Waals surface area (Å²) >= 11 is 0. The van der Waals surface area contributed by atoms with Crippen molar-refractivity contribution in [3.63, 3.8) is 0 Å². The van der Waals surface area contributed by atoms with Gasteiger partial charge >= 0.3 is 0 Å². The summed E-state index contributed by atoms with van der Waals surface area (Å²) in [6.45, 7) is 1.66. The first-order chi connectivity index (χ1) is 16.5. The van der Waals surface area contributed by atoms with Gasteiger partial charge in [0.25, 0.3) is 0 Å². The molecular formula is C23H27FN8O2. The third-order valence-electron chi connectivity index (χ3n) is 7.11. The van der Waals surface area contributed by atoms with E-state index in [1.165, 1.54) is 23.8 Å². The van der Waals surface area contributed by atoms with Crippen molar-refractivity contribution in [3.05, 3.63) is 36.2 Å². The average Bonchev–Trinajstić information content (AvgIpc) is 3.59. The molecule has 3 N–H and O–H groups in total. The molecule has 0 amide bonds. The summed E-state index contributed by atoms with van der Waals surface area (Å²) in [5.74, 6) is 0.574. The largest absolute Gasteiger partial charge is 0.494 e. The number of benzene rings is 1. The number of aliphatic hydroxyl groups excluding tert-OH is 1. The number of hydrogen-bond donors (Lipinski definition) is 2. The Balaban J connectivity index is 1.30. The van der Waals surface area contributed by atoms with Crippen LogP contribution >= 0.6 is 0 Å². The van der Waals surface area contributed by atoms with Gasteiger partial charge in [-0.1, -0.05) is 0 Å². The van der Waals surface area contributed by atoms with Crippen LogP contribution in [-0.4, -0.2) is 60.8 Å². The van der Waals surface area contributed by atoms with Crippen molar-refractivity contribution in [2.45, 2.75) is 50.2 Å². The molecule has 1 aromatic carbocycles. The van der Waals surface area contributed by atoms with Crippen LogP contribution in [0.4, 0.5) is 16.0 Å². The monoisotopic (exact) mass is 466 g/mol. The summed E-state index contributed by atoms with van der Waals surface area (Å²) in [4.78, 5) is 11.4. The molecule has 2 aliphatic rings. The van der Waals surface area contributed by atoms with Crippen molar-refractivity contribution in [2.24, 2.45) is 0 Å². The number of methoxy groups -OCH3 is 1. The Morgan fingerprint density at radius 1 is 1.18 bits per heavy atom. The molecule has 4 heterocycles. The van der Waals surface area contributed by atoms with Crippen LogP contribution in [0.2, 0.25) is 0 Å². The van der Waals surface area contributed by atoms with E-state index < -0.39 is 5.82 Å². The smallest absolute Gasteiger partial charge is 0.223 e. The zero-order valence-corrected chi connectivity index (χ0v) is 18.9. The van der Waals surface area contributed by atoms with E-state index in [-0.39, 0.29) is 29.8 Å². The number of rotatable bonds is 4. The second kappa shape index (κ2) is 8.08. The van der Waals surface area contributed by atoms with Gasteiger partial charge in [0.15, 0.2) is 23.0 Å².